The molecule has 0 radical (unpaired) electrons. The molecular formula is C14H19N3. The quantitative estimate of drug-likeness (QED) is 0.872. The first-order valence-electron chi connectivity index (χ1n) is 5.97. The van der Waals surface area contributed by atoms with Gasteiger partial charge in [0.15, 0.2) is 0 Å². The molecule has 0 aliphatic rings. The summed E-state index contributed by atoms with van der Waals surface area (Å²) in [6.07, 6.45) is 2.99. The van der Waals surface area contributed by atoms with E-state index in [0.29, 0.717) is 0 Å². The van der Waals surface area contributed by atoms with Crippen molar-refractivity contribution in [3.05, 3.63) is 53.6 Å². The second kappa shape index (κ2) is 5.15. The topological polar surface area (TPSA) is 43.8 Å². The molecule has 2 N–H and O–H groups in total. The van der Waals surface area contributed by atoms with E-state index < -0.39 is 0 Å². The van der Waals surface area contributed by atoms with E-state index >= 15 is 0 Å². The average molecular weight is 229 g/mol. The fourth-order valence-corrected chi connectivity index (χ4v) is 1.98. The van der Waals surface area contributed by atoms with Gasteiger partial charge >= 0.3 is 0 Å². The lowest BCUT2D eigenvalue weighted by molar-refractivity contribution is 0.659. The summed E-state index contributed by atoms with van der Waals surface area (Å²) in [5, 5.41) is 0. The smallest absolute Gasteiger partial charge is 0.0645 e. The van der Waals surface area contributed by atoms with Crippen molar-refractivity contribution in [2.45, 2.75) is 32.9 Å². The molecule has 0 fully saturated rings. The third kappa shape index (κ3) is 3.17. The molecule has 0 bridgehead atoms. The number of aromatic nitrogens is 2. The zero-order chi connectivity index (χ0) is 12.3. The van der Waals surface area contributed by atoms with Gasteiger partial charge in [-0.3, -0.25) is 4.98 Å². The summed E-state index contributed by atoms with van der Waals surface area (Å²) in [4.78, 5) is 4.52. The molecule has 0 aromatic carbocycles. The van der Waals surface area contributed by atoms with Crippen molar-refractivity contribution in [2.75, 3.05) is 0 Å². The normalized spacial score (nSPS) is 12.6. The molecule has 3 heteroatoms. The Morgan fingerprint density at radius 1 is 1.29 bits per heavy atom. The number of rotatable bonds is 4. The molecule has 0 saturated heterocycles. The molecule has 17 heavy (non-hydrogen) atoms. The fourth-order valence-electron chi connectivity index (χ4n) is 1.98. The van der Waals surface area contributed by atoms with Crippen LogP contribution in [-0.4, -0.2) is 15.6 Å². The Labute approximate surface area is 102 Å². The zero-order valence-electron chi connectivity index (χ0n) is 10.4. The highest BCUT2D eigenvalue weighted by atomic mass is 15.0. The predicted molar refractivity (Wildman–Crippen MR) is 69.9 cm³/mol. The maximum atomic E-state index is 5.84. The molecule has 1 atom stereocenters. The summed E-state index contributed by atoms with van der Waals surface area (Å²) < 4.78 is 2.21. The van der Waals surface area contributed by atoms with Crippen molar-refractivity contribution in [3.63, 3.8) is 0 Å². The minimum Gasteiger partial charge on any atom is -0.345 e. The lowest BCUT2D eigenvalue weighted by Crippen LogP contribution is -2.20. The molecule has 1 unspecified atom stereocenters. The Balaban J connectivity index is 2.16. The fraction of sp³-hybridized carbons (Fsp3) is 0.357. The van der Waals surface area contributed by atoms with Crippen LogP contribution in [0.5, 0.6) is 0 Å². The molecule has 0 saturated carbocycles. The van der Waals surface area contributed by atoms with E-state index in [0.717, 1.165) is 24.4 Å². The highest BCUT2D eigenvalue weighted by Gasteiger charge is 2.05. The van der Waals surface area contributed by atoms with Crippen LogP contribution in [0.25, 0.3) is 0 Å². The van der Waals surface area contributed by atoms with Gasteiger partial charge in [0.05, 0.1) is 12.2 Å². The van der Waals surface area contributed by atoms with Crippen molar-refractivity contribution in [2.24, 2.45) is 5.73 Å². The van der Waals surface area contributed by atoms with Gasteiger partial charge in [-0.25, -0.2) is 0 Å². The van der Waals surface area contributed by atoms with Crippen molar-refractivity contribution < 1.29 is 0 Å². The number of pyridine rings is 1. The van der Waals surface area contributed by atoms with Gasteiger partial charge in [-0.05, 0) is 38.1 Å². The van der Waals surface area contributed by atoms with Crippen molar-refractivity contribution in [1.82, 2.24) is 9.55 Å². The number of nitrogens with two attached hydrogens (primary N) is 1. The molecule has 2 aromatic rings. The molecule has 90 valence electrons. The highest BCUT2D eigenvalue weighted by molar-refractivity contribution is 5.14. The second-order valence-electron chi connectivity index (χ2n) is 4.58. The van der Waals surface area contributed by atoms with E-state index in [-0.39, 0.29) is 6.04 Å². The van der Waals surface area contributed by atoms with Crippen LogP contribution >= 0.6 is 0 Å². The molecule has 2 rings (SSSR count). The van der Waals surface area contributed by atoms with Gasteiger partial charge in [-0.1, -0.05) is 6.07 Å². The van der Waals surface area contributed by atoms with Crippen molar-refractivity contribution in [3.8, 4) is 0 Å². The van der Waals surface area contributed by atoms with Gasteiger partial charge in [-0.2, -0.15) is 0 Å². The van der Waals surface area contributed by atoms with E-state index in [9.17, 15) is 0 Å². The molecule has 3 nitrogen and oxygen atoms in total. The third-order valence-corrected chi connectivity index (χ3v) is 2.73. The van der Waals surface area contributed by atoms with E-state index in [1.165, 1.54) is 5.69 Å². The van der Waals surface area contributed by atoms with Gasteiger partial charge < -0.3 is 10.3 Å². The molecule has 0 aliphatic carbocycles. The molecular weight excluding hydrogens is 210 g/mol. The monoisotopic (exact) mass is 229 g/mol. The maximum Gasteiger partial charge on any atom is 0.0645 e. The Kier molecular flexibility index (Phi) is 3.59. The summed E-state index contributed by atoms with van der Waals surface area (Å²) in [6.45, 7) is 4.86. The average Bonchev–Trinajstić information content (AvgIpc) is 2.65. The van der Waals surface area contributed by atoms with Crippen LogP contribution in [-0.2, 0) is 13.0 Å². The van der Waals surface area contributed by atoms with Crippen molar-refractivity contribution >= 4 is 0 Å². The maximum absolute atomic E-state index is 5.84. The minimum atomic E-state index is 0.189. The zero-order valence-corrected chi connectivity index (χ0v) is 10.4. The van der Waals surface area contributed by atoms with Crippen LogP contribution in [0, 0.1) is 6.92 Å². The van der Waals surface area contributed by atoms with Gasteiger partial charge in [0.1, 0.15) is 0 Å². The lowest BCUT2D eigenvalue weighted by atomic mass is 10.2. The van der Waals surface area contributed by atoms with Crippen LogP contribution < -0.4 is 5.73 Å². The molecule has 0 amide bonds. The summed E-state index contributed by atoms with van der Waals surface area (Å²) in [6, 6.07) is 10.5. The first kappa shape index (κ1) is 11.9. The summed E-state index contributed by atoms with van der Waals surface area (Å²) in [7, 11) is 0. The summed E-state index contributed by atoms with van der Waals surface area (Å²) in [5.74, 6) is 0. The minimum absolute atomic E-state index is 0.189. The first-order chi connectivity index (χ1) is 8.15. The van der Waals surface area contributed by atoms with E-state index in [1.54, 1.807) is 0 Å². The van der Waals surface area contributed by atoms with E-state index in [1.807, 2.05) is 26.0 Å². The van der Waals surface area contributed by atoms with Crippen LogP contribution in [0.15, 0.2) is 36.5 Å². The lowest BCUT2D eigenvalue weighted by Gasteiger charge is -2.11. The number of aryl methyl sites for hydroxylation is 1. The number of hydrogen-bond donors (Lipinski definition) is 1. The molecule has 2 aromatic heterocycles. The SMILES string of the molecule is Cc1cccc(Cn2cccc2CC(C)N)n1. The molecule has 0 spiro atoms. The number of nitrogens with zero attached hydrogens (tertiary/aromatic N) is 2. The van der Waals surface area contributed by atoms with E-state index in [4.69, 9.17) is 5.73 Å². The Hall–Kier alpha value is -1.61. The van der Waals surface area contributed by atoms with Crippen LogP contribution in [0.2, 0.25) is 0 Å². The first-order valence-corrected chi connectivity index (χ1v) is 5.97. The van der Waals surface area contributed by atoms with E-state index in [2.05, 4.69) is 33.9 Å². The largest absolute Gasteiger partial charge is 0.345 e. The predicted octanol–water partition coefficient (Wildman–Crippen LogP) is 2.13. The summed E-state index contributed by atoms with van der Waals surface area (Å²) >= 11 is 0. The molecule has 2 heterocycles. The summed E-state index contributed by atoms with van der Waals surface area (Å²) in [5.41, 5.74) is 9.26. The number of hydrogen-bond acceptors (Lipinski definition) is 2. The third-order valence-electron chi connectivity index (χ3n) is 2.73. The van der Waals surface area contributed by atoms with Crippen molar-refractivity contribution in [1.29, 1.82) is 0 Å². The Morgan fingerprint density at radius 3 is 2.82 bits per heavy atom. The Morgan fingerprint density at radius 2 is 2.12 bits per heavy atom. The van der Waals surface area contributed by atoms with Crippen LogP contribution in [0.1, 0.15) is 24.0 Å². The molecule has 0 aliphatic heterocycles. The van der Waals surface area contributed by atoms with Gasteiger partial charge in [0.2, 0.25) is 0 Å². The van der Waals surface area contributed by atoms with Gasteiger partial charge in [0, 0.05) is 30.0 Å². The van der Waals surface area contributed by atoms with Crippen LogP contribution in [0.4, 0.5) is 0 Å². The standard InChI is InChI=1S/C14H19N3/c1-11(15)9-14-7-4-8-17(14)10-13-6-3-5-12(2)16-13/h3-8,11H,9-10,15H2,1-2H3. The van der Waals surface area contributed by atoms with Gasteiger partial charge in [-0.15, -0.1) is 0 Å². The van der Waals surface area contributed by atoms with Gasteiger partial charge in [0.25, 0.3) is 0 Å². The van der Waals surface area contributed by atoms with Crippen LogP contribution in [0.3, 0.4) is 0 Å². The second-order valence-corrected chi connectivity index (χ2v) is 4.58. The Bertz CT molecular complexity index is 486. The highest BCUT2D eigenvalue weighted by Crippen LogP contribution is 2.08.